The quantitative estimate of drug-likeness (QED) is 0.705. The Bertz CT molecular complexity index is 566. The second-order valence-corrected chi connectivity index (χ2v) is 4.34. The molecule has 0 aliphatic heterocycles. The standard InChI is InChI=1S/C11H14N4O2/c12-5-7-6-15(11(17)14-10(7)16)9-4-2-1-3-8(9)13/h6,8-9H,1-4,13H2,(H,14,16,17)/t8-,9-/m1/s1. The Morgan fingerprint density at radius 2 is 2.12 bits per heavy atom. The van der Waals surface area contributed by atoms with Crippen LogP contribution in [0, 0.1) is 11.3 Å². The smallest absolute Gasteiger partial charge is 0.326 e. The summed E-state index contributed by atoms with van der Waals surface area (Å²) in [5.41, 5.74) is 4.79. The van der Waals surface area contributed by atoms with Gasteiger partial charge in [0.2, 0.25) is 0 Å². The molecule has 1 heterocycles. The Hall–Kier alpha value is -1.87. The van der Waals surface area contributed by atoms with Gasteiger partial charge >= 0.3 is 5.69 Å². The number of hydrogen-bond acceptors (Lipinski definition) is 4. The molecule has 0 amide bonds. The molecule has 17 heavy (non-hydrogen) atoms. The molecule has 1 saturated carbocycles. The fourth-order valence-electron chi connectivity index (χ4n) is 2.30. The van der Waals surface area contributed by atoms with Gasteiger partial charge in [0.15, 0.2) is 0 Å². The molecule has 6 nitrogen and oxygen atoms in total. The number of H-pyrrole nitrogens is 1. The Labute approximate surface area is 97.7 Å². The van der Waals surface area contributed by atoms with Crippen LogP contribution in [0.2, 0.25) is 0 Å². The maximum absolute atomic E-state index is 11.7. The van der Waals surface area contributed by atoms with Crippen molar-refractivity contribution >= 4 is 0 Å². The van der Waals surface area contributed by atoms with Gasteiger partial charge in [-0.1, -0.05) is 12.8 Å². The van der Waals surface area contributed by atoms with E-state index in [4.69, 9.17) is 11.0 Å². The van der Waals surface area contributed by atoms with Crippen LogP contribution in [0.1, 0.15) is 37.3 Å². The molecule has 0 unspecified atom stereocenters. The summed E-state index contributed by atoms with van der Waals surface area (Å²) in [6.07, 6.45) is 5.04. The third-order valence-electron chi connectivity index (χ3n) is 3.23. The highest BCUT2D eigenvalue weighted by Gasteiger charge is 2.24. The zero-order valence-corrected chi connectivity index (χ0v) is 9.35. The van der Waals surface area contributed by atoms with Crippen molar-refractivity contribution in [3.63, 3.8) is 0 Å². The van der Waals surface area contributed by atoms with Crippen molar-refractivity contribution in [1.82, 2.24) is 9.55 Å². The van der Waals surface area contributed by atoms with Gasteiger partial charge in [0.05, 0.1) is 6.04 Å². The Morgan fingerprint density at radius 1 is 1.41 bits per heavy atom. The molecule has 1 aliphatic carbocycles. The van der Waals surface area contributed by atoms with Crippen LogP contribution in [0.15, 0.2) is 15.8 Å². The lowest BCUT2D eigenvalue weighted by molar-refractivity contribution is 0.297. The van der Waals surface area contributed by atoms with E-state index in [1.165, 1.54) is 10.8 Å². The predicted octanol–water partition coefficient (Wildman–Crippen LogP) is -0.149. The fraction of sp³-hybridized carbons (Fsp3) is 0.545. The zero-order chi connectivity index (χ0) is 12.4. The molecular formula is C11H14N4O2. The zero-order valence-electron chi connectivity index (χ0n) is 9.35. The first kappa shape index (κ1) is 11.6. The van der Waals surface area contributed by atoms with E-state index in [1.54, 1.807) is 6.07 Å². The van der Waals surface area contributed by atoms with Crippen molar-refractivity contribution in [2.75, 3.05) is 0 Å². The van der Waals surface area contributed by atoms with Gasteiger partial charge in [0.25, 0.3) is 5.56 Å². The van der Waals surface area contributed by atoms with E-state index in [1.807, 2.05) is 0 Å². The Balaban J connectivity index is 2.48. The fourth-order valence-corrected chi connectivity index (χ4v) is 2.30. The number of nitrogens with one attached hydrogen (secondary N) is 1. The monoisotopic (exact) mass is 234 g/mol. The van der Waals surface area contributed by atoms with Crippen molar-refractivity contribution in [1.29, 1.82) is 5.26 Å². The van der Waals surface area contributed by atoms with E-state index < -0.39 is 11.2 Å². The maximum atomic E-state index is 11.7. The van der Waals surface area contributed by atoms with E-state index in [2.05, 4.69) is 4.98 Å². The lowest BCUT2D eigenvalue weighted by atomic mass is 9.91. The molecule has 1 fully saturated rings. The molecule has 0 aromatic carbocycles. The second-order valence-electron chi connectivity index (χ2n) is 4.34. The maximum Gasteiger partial charge on any atom is 0.328 e. The third kappa shape index (κ3) is 2.15. The topological polar surface area (TPSA) is 105 Å². The van der Waals surface area contributed by atoms with Gasteiger partial charge in [-0.2, -0.15) is 5.26 Å². The Morgan fingerprint density at radius 3 is 2.76 bits per heavy atom. The van der Waals surface area contributed by atoms with E-state index in [9.17, 15) is 9.59 Å². The molecule has 0 spiro atoms. The third-order valence-corrected chi connectivity index (χ3v) is 3.23. The van der Waals surface area contributed by atoms with Crippen LogP contribution in [-0.2, 0) is 0 Å². The van der Waals surface area contributed by atoms with E-state index in [0.717, 1.165) is 25.7 Å². The summed E-state index contributed by atoms with van der Waals surface area (Å²) in [4.78, 5) is 25.1. The number of aromatic amines is 1. The number of nitrogens with zero attached hydrogens (tertiary/aromatic N) is 2. The highest BCUT2D eigenvalue weighted by atomic mass is 16.2. The molecule has 0 radical (unpaired) electrons. The highest BCUT2D eigenvalue weighted by Crippen LogP contribution is 2.25. The van der Waals surface area contributed by atoms with Crippen LogP contribution in [0.25, 0.3) is 0 Å². The minimum Gasteiger partial charge on any atom is -0.326 e. The molecule has 1 aliphatic rings. The summed E-state index contributed by atoms with van der Waals surface area (Å²) in [7, 11) is 0. The normalized spacial score (nSPS) is 24.2. The molecule has 0 saturated heterocycles. The van der Waals surface area contributed by atoms with E-state index >= 15 is 0 Å². The summed E-state index contributed by atoms with van der Waals surface area (Å²) in [6, 6.07) is 1.55. The van der Waals surface area contributed by atoms with Crippen LogP contribution < -0.4 is 17.0 Å². The minimum atomic E-state index is -0.641. The van der Waals surface area contributed by atoms with Gasteiger partial charge in [0.1, 0.15) is 11.6 Å². The van der Waals surface area contributed by atoms with Gasteiger partial charge < -0.3 is 5.73 Å². The summed E-state index contributed by atoms with van der Waals surface area (Å²) in [6.45, 7) is 0. The van der Waals surface area contributed by atoms with Gasteiger partial charge in [0, 0.05) is 12.2 Å². The summed E-state index contributed by atoms with van der Waals surface area (Å²) in [5, 5.41) is 8.78. The SMILES string of the molecule is N#Cc1cn([C@@H]2CCCC[C@H]2N)c(=O)[nH]c1=O. The van der Waals surface area contributed by atoms with Crippen molar-refractivity contribution in [3.8, 4) is 6.07 Å². The summed E-state index contributed by atoms with van der Waals surface area (Å²) < 4.78 is 1.39. The molecule has 1 aromatic heterocycles. The molecule has 0 bridgehead atoms. The van der Waals surface area contributed by atoms with Crippen LogP contribution in [0.3, 0.4) is 0 Å². The van der Waals surface area contributed by atoms with Crippen molar-refractivity contribution in [2.45, 2.75) is 37.8 Å². The minimum absolute atomic E-state index is 0.0534. The van der Waals surface area contributed by atoms with E-state index in [0.29, 0.717) is 0 Å². The predicted molar refractivity (Wildman–Crippen MR) is 61.5 cm³/mol. The lowest BCUT2D eigenvalue weighted by Gasteiger charge is -2.29. The van der Waals surface area contributed by atoms with Crippen molar-refractivity contribution in [3.05, 3.63) is 32.6 Å². The first-order valence-electron chi connectivity index (χ1n) is 5.64. The average Bonchev–Trinajstić information content (AvgIpc) is 2.31. The molecule has 2 atom stereocenters. The van der Waals surface area contributed by atoms with E-state index in [-0.39, 0.29) is 17.6 Å². The number of hydrogen-bond donors (Lipinski definition) is 2. The molecule has 6 heteroatoms. The first-order chi connectivity index (χ1) is 8.13. The molecule has 3 N–H and O–H groups in total. The second kappa shape index (κ2) is 4.55. The molecule has 1 aromatic rings. The van der Waals surface area contributed by atoms with Crippen LogP contribution >= 0.6 is 0 Å². The molecular weight excluding hydrogens is 220 g/mol. The van der Waals surface area contributed by atoms with Gasteiger partial charge in [-0.25, -0.2) is 4.79 Å². The van der Waals surface area contributed by atoms with Gasteiger partial charge in [-0.3, -0.25) is 14.3 Å². The molecule has 2 rings (SSSR count). The first-order valence-corrected chi connectivity index (χ1v) is 5.64. The number of nitrogens with two attached hydrogens (primary N) is 1. The van der Waals surface area contributed by atoms with Gasteiger partial charge in [-0.15, -0.1) is 0 Å². The molecule has 90 valence electrons. The number of aromatic nitrogens is 2. The van der Waals surface area contributed by atoms with Crippen LogP contribution in [0.4, 0.5) is 0 Å². The summed E-state index contributed by atoms with van der Waals surface area (Å²) >= 11 is 0. The highest BCUT2D eigenvalue weighted by molar-refractivity contribution is 5.22. The largest absolute Gasteiger partial charge is 0.328 e. The van der Waals surface area contributed by atoms with Crippen LogP contribution in [0.5, 0.6) is 0 Å². The summed E-state index contributed by atoms with van der Waals surface area (Å²) in [5.74, 6) is 0. The number of nitriles is 1. The van der Waals surface area contributed by atoms with Crippen molar-refractivity contribution in [2.24, 2.45) is 5.73 Å². The number of rotatable bonds is 1. The lowest BCUT2D eigenvalue weighted by Crippen LogP contribution is -2.42. The Kier molecular flexibility index (Phi) is 3.11. The van der Waals surface area contributed by atoms with Gasteiger partial charge in [-0.05, 0) is 12.8 Å². The van der Waals surface area contributed by atoms with Crippen LogP contribution in [-0.4, -0.2) is 15.6 Å². The average molecular weight is 234 g/mol. The van der Waals surface area contributed by atoms with Crippen molar-refractivity contribution < 1.29 is 0 Å².